The van der Waals surface area contributed by atoms with Gasteiger partial charge in [-0.25, -0.2) is 0 Å². The summed E-state index contributed by atoms with van der Waals surface area (Å²) in [7, 11) is 0. The minimum atomic E-state index is -0.561. The van der Waals surface area contributed by atoms with Gasteiger partial charge >= 0.3 is 0 Å². The van der Waals surface area contributed by atoms with Crippen LogP contribution in [0.1, 0.15) is 21.5 Å². The zero-order chi connectivity index (χ0) is 17.1. The lowest BCUT2D eigenvalue weighted by molar-refractivity contribution is -0.384. The predicted octanol–water partition coefficient (Wildman–Crippen LogP) is 3.12. The summed E-state index contributed by atoms with van der Waals surface area (Å²) in [6.45, 7) is 0.820. The third-order valence-electron chi connectivity index (χ3n) is 3.94. The largest absolute Gasteiger partial charge is 0.371 e. The molecule has 1 amide bonds. The van der Waals surface area contributed by atoms with Crippen molar-refractivity contribution in [2.45, 2.75) is 19.1 Å². The summed E-state index contributed by atoms with van der Waals surface area (Å²) in [6, 6.07) is 11.8. The lowest BCUT2D eigenvalue weighted by Gasteiger charge is -2.25. The maximum absolute atomic E-state index is 12.3. The number of ether oxygens (including phenoxy) is 1. The summed E-state index contributed by atoms with van der Waals surface area (Å²) in [6.07, 6.45) is 0.570. The molecule has 24 heavy (non-hydrogen) atoms. The van der Waals surface area contributed by atoms with Gasteiger partial charge in [0, 0.05) is 25.1 Å². The Hall–Kier alpha value is -2.44. The summed E-state index contributed by atoms with van der Waals surface area (Å²) in [4.78, 5) is 22.5. The van der Waals surface area contributed by atoms with E-state index in [1.165, 1.54) is 23.8 Å². The topological polar surface area (TPSA) is 81.5 Å². The number of hydrogen-bond donors (Lipinski definition) is 1. The molecule has 0 fully saturated rings. The van der Waals surface area contributed by atoms with Crippen LogP contribution in [0, 0.1) is 10.1 Å². The van der Waals surface area contributed by atoms with Gasteiger partial charge < -0.3 is 10.1 Å². The molecule has 1 aliphatic heterocycles. The van der Waals surface area contributed by atoms with Gasteiger partial charge in [-0.05, 0) is 17.2 Å². The van der Waals surface area contributed by atoms with Gasteiger partial charge in [0.15, 0.2) is 0 Å². The zero-order valence-electron chi connectivity index (χ0n) is 12.7. The highest BCUT2D eigenvalue weighted by molar-refractivity contribution is 6.33. The first-order valence-corrected chi connectivity index (χ1v) is 7.83. The van der Waals surface area contributed by atoms with Crippen molar-refractivity contribution in [2.75, 3.05) is 6.54 Å². The summed E-state index contributed by atoms with van der Waals surface area (Å²) >= 11 is 5.97. The number of rotatable bonds is 4. The fourth-order valence-corrected chi connectivity index (χ4v) is 2.85. The van der Waals surface area contributed by atoms with Crippen molar-refractivity contribution < 1.29 is 14.5 Å². The molecule has 0 spiro atoms. The van der Waals surface area contributed by atoms with Gasteiger partial charge in [0.25, 0.3) is 11.6 Å². The molecular formula is C17H15ClN2O4. The fraction of sp³-hybridized carbons (Fsp3) is 0.235. The van der Waals surface area contributed by atoms with E-state index in [4.69, 9.17) is 16.3 Å². The molecule has 2 aromatic rings. The normalized spacial score (nSPS) is 16.3. The molecule has 0 saturated carbocycles. The third kappa shape index (κ3) is 3.55. The van der Waals surface area contributed by atoms with E-state index in [1.807, 2.05) is 24.3 Å². The first-order valence-electron chi connectivity index (χ1n) is 7.45. The van der Waals surface area contributed by atoms with Crippen molar-refractivity contribution in [3.05, 3.63) is 74.3 Å². The van der Waals surface area contributed by atoms with Crippen LogP contribution in [-0.2, 0) is 17.8 Å². The molecule has 1 N–H and O–H groups in total. The van der Waals surface area contributed by atoms with E-state index in [0.29, 0.717) is 19.6 Å². The van der Waals surface area contributed by atoms with E-state index in [1.54, 1.807) is 0 Å². The Bertz CT molecular complexity index is 794. The van der Waals surface area contributed by atoms with Gasteiger partial charge in [-0.2, -0.15) is 0 Å². The minimum absolute atomic E-state index is 0.0853. The Labute approximate surface area is 143 Å². The number of benzene rings is 2. The fourth-order valence-electron chi connectivity index (χ4n) is 2.64. The Morgan fingerprint density at radius 1 is 1.29 bits per heavy atom. The second-order valence-electron chi connectivity index (χ2n) is 5.54. The van der Waals surface area contributed by atoms with Crippen molar-refractivity contribution >= 4 is 23.2 Å². The molecule has 6 nitrogen and oxygen atoms in total. The van der Waals surface area contributed by atoms with Crippen molar-refractivity contribution in [3.8, 4) is 0 Å². The summed E-state index contributed by atoms with van der Waals surface area (Å²) in [5.74, 6) is -0.453. The number of halogens is 1. The van der Waals surface area contributed by atoms with E-state index in [-0.39, 0.29) is 22.4 Å². The molecule has 0 bridgehead atoms. The van der Waals surface area contributed by atoms with E-state index >= 15 is 0 Å². The lowest BCUT2D eigenvalue weighted by atomic mass is 9.99. The molecule has 0 radical (unpaired) electrons. The second-order valence-corrected chi connectivity index (χ2v) is 5.94. The first kappa shape index (κ1) is 16.4. The van der Waals surface area contributed by atoms with Crippen LogP contribution in [0.4, 0.5) is 5.69 Å². The average molecular weight is 347 g/mol. The number of nitrogens with zero attached hydrogens (tertiary/aromatic N) is 1. The molecule has 1 unspecified atom stereocenters. The second kappa shape index (κ2) is 6.98. The number of nitrogens with one attached hydrogen (secondary N) is 1. The smallest absolute Gasteiger partial charge is 0.270 e. The monoisotopic (exact) mass is 346 g/mol. The number of carbonyl (C=O) groups excluding carboxylic acids is 1. The number of non-ortho nitro benzene ring substituents is 1. The molecular weight excluding hydrogens is 332 g/mol. The number of amides is 1. The molecule has 124 valence electrons. The summed E-state index contributed by atoms with van der Waals surface area (Å²) in [5, 5.41) is 13.7. The van der Waals surface area contributed by atoms with E-state index < -0.39 is 10.8 Å². The zero-order valence-corrected chi connectivity index (χ0v) is 13.5. The number of nitro benzene ring substituents is 1. The number of hydrogen-bond acceptors (Lipinski definition) is 4. The third-order valence-corrected chi connectivity index (χ3v) is 4.27. The SMILES string of the molecule is O=C(NCC1Cc2ccccc2CO1)c1cc([N+](=O)[O-])ccc1Cl. The van der Waals surface area contributed by atoms with Gasteiger partial charge in [0.1, 0.15) is 0 Å². The standard InChI is InChI=1S/C17H15ClN2O4/c18-16-6-5-13(20(22)23)8-15(16)17(21)19-9-14-7-11-3-1-2-4-12(11)10-24-14/h1-6,8,14H,7,9-10H2,(H,19,21). The highest BCUT2D eigenvalue weighted by Gasteiger charge is 2.21. The maximum Gasteiger partial charge on any atom is 0.270 e. The summed E-state index contributed by atoms with van der Waals surface area (Å²) in [5.41, 5.74) is 2.27. The van der Waals surface area contributed by atoms with Gasteiger partial charge in [-0.15, -0.1) is 0 Å². The van der Waals surface area contributed by atoms with Crippen LogP contribution >= 0.6 is 11.6 Å². The molecule has 1 heterocycles. The molecule has 0 aliphatic carbocycles. The molecule has 0 aromatic heterocycles. The molecule has 1 atom stereocenters. The minimum Gasteiger partial charge on any atom is -0.371 e. The number of carbonyl (C=O) groups is 1. The number of fused-ring (bicyclic) bond motifs is 1. The van der Waals surface area contributed by atoms with Crippen molar-refractivity contribution in [1.29, 1.82) is 0 Å². The highest BCUT2D eigenvalue weighted by Crippen LogP contribution is 2.23. The predicted molar refractivity (Wildman–Crippen MR) is 89.2 cm³/mol. The van der Waals surface area contributed by atoms with Gasteiger partial charge in [-0.1, -0.05) is 35.9 Å². The van der Waals surface area contributed by atoms with Crippen LogP contribution < -0.4 is 5.32 Å². The van der Waals surface area contributed by atoms with Crippen molar-refractivity contribution in [1.82, 2.24) is 5.32 Å². The lowest BCUT2D eigenvalue weighted by Crippen LogP contribution is -2.36. The maximum atomic E-state index is 12.3. The van der Waals surface area contributed by atoms with E-state index in [2.05, 4.69) is 5.32 Å². The Morgan fingerprint density at radius 3 is 2.79 bits per heavy atom. The van der Waals surface area contributed by atoms with E-state index in [9.17, 15) is 14.9 Å². The van der Waals surface area contributed by atoms with Gasteiger partial charge in [0.2, 0.25) is 0 Å². The molecule has 3 rings (SSSR count). The molecule has 1 aliphatic rings. The van der Waals surface area contributed by atoms with Gasteiger partial charge in [0.05, 0.1) is 28.2 Å². The highest BCUT2D eigenvalue weighted by atomic mass is 35.5. The Kier molecular flexibility index (Phi) is 4.78. The Balaban J connectivity index is 1.64. The molecule has 7 heteroatoms. The summed E-state index contributed by atoms with van der Waals surface area (Å²) < 4.78 is 5.73. The average Bonchev–Trinajstić information content (AvgIpc) is 2.59. The van der Waals surface area contributed by atoms with Crippen LogP contribution in [0.25, 0.3) is 0 Å². The van der Waals surface area contributed by atoms with Gasteiger partial charge in [-0.3, -0.25) is 14.9 Å². The molecule has 0 saturated heterocycles. The van der Waals surface area contributed by atoms with Crippen LogP contribution in [-0.4, -0.2) is 23.5 Å². The van der Waals surface area contributed by atoms with Crippen LogP contribution in [0.2, 0.25) is 5.02 Å². The molecule has 2 aromatic carbocycles. The van der Waals surface area contributed by atoms with Crippen molar-refractivity contribution in [3.63, 3.8) is 0 Å². The van der Waals surface area contributed by atoms with Crippen LogP contribution in [0.5, 0.6) is 0 Å². The number of nitro groups is 1. The van der Waals surface area contributed by atoms with E-state index in [0.717, 1.165) is 5.56 Å². The van der Waals surface area contributed by atoms with Crippen LogP contribution in [0.3, 0.4) is 0 Å². The Morgan fingerprint density at radius 2 is 2.04 bits per heavy atom. The quantitative estimate of drug-likeness (QED) is 0.681. The first-order chi connectivity index (χ1) is 11.5. The van der Waals surface area contributed by atoms with Crippen LogP contribution in [0.15, 0.2) is 42.5 Å². The van der Waals surface area contributed by atoms with Crippen molar-refractivity contribution in [2.24, 2.45) is 0 Å².